The Kier molecular flexibility index (Phi) is 4.75. The average Bonchev–Trinajstić information content (AvgIpc) is 3.06. The van der Waals surface area contributed by atoms with Crippen LogP contribution in [0, 0.1) is 0 Å². The van der Waals surface area contributed by atoms with Gasteiger partial charge in [0.15, 0.2) is 11.9 Å². The van der Waals surface area contributed by atoms with Gasteiger partial charge >= 0.3 is 0 Å². The molecule has 3 rings (SSSR count). The third-order valence-corrected chi connectivity index (χ3v) is 3.89. The number of methoxy groups -OCH3 is 1. The molecule has 116 valence electrons. The first-order valence-electron chi connectivity index (χ1n) is 7.05. The lowest BCUT2D eigenvalue weighted by atomic mass is 10.1. The molecule has 0 saturated heterocycles. The van der Waals surface area contributed by atoms with Crippen LogP contribution in [-0.2, 0) is 9.53 Å². The highest BCUT2D eigenvalue weighted by Crippen LogP contribution is 2.23. The standard InChI is InChI=1S/C17H15N3O2S/c1-22-14(12-8-4-2-5-9-12)16(21)19-17-18-15(20-23-17)13-10-6-3-7-11-13/h2-11,14H,1H3,(H,18,19,20,21). The Balaban J connectivity index is 1.74. The summed E-state index contributed by atoms with van der Waals surface area (Å²) in [5.41, 5.74) is 1.70. The summed E-state index contributed by atoms with van der Waals surface area (Å²) in [5.74, 6) is 0.328. The molecule has 1 aromatic heterocycles. The van der Waals surface area contributed by atoms with Crippen molar-refractivity contribution in [3.8, 4) is 11.4 Å². The van der Waals surface area contributed by atoms with Gasteiger partial charge < -0.3 is 4.74 Å². The topological polar surface area (TPSA) is 64.1 Å². The summed E-state index contributed by atoms with van der Waals surface area (Å²) >= 11 is 1.15. The number of carbonyl (C=O) groups excluding carboxylic acids is 1. The molecular formula is C17H15N3O2S. The molecule has 5 nitrogen and oxygen atoms in total. The van der Waals surface area contributed by atoms with Crippen molar-refractivity contribution in [1.29, 1.82) is 0 Å². The van der Waals surface area contributed by atoms with Crippen LogP contribution in [-0.4, -0.2) is 22.4 Å². The van der Waals surface area contributed by atoms with Crippen molar-refractivity contribution in [1.82, 2.24) is 9.36 Å². The third kappa shape index (κ3) is 3.61. The molecule has 6 heteroatoms. The van der Waals surface area contributed by atoms with Gasteiger partial charge in [-0.3, -0.25) is 10.1 Å². The zero-order chi connectivity index (χ0) is 16.1. The first-order chi connectivity index (χ1) is 11.3. The van der Waals surface area contributed by atoms with Crippen LogP contribution >= 0.6 is 11.5 Å². The number of hydrogen-bond acceptors (Lipinski definition) is 5. The normalized spacial score (nSPS) is 11.9. The average molecular weight is 325 g/mol. The van der Waals surface area contributed by atoms with Gasteiger partial charge in [-0.05, 0) is 5.56 Å². The van der Waals surface area contributed by atoms with E-state index in [9.17, 15) is 4.79 Å². The fourth-order valence-corrected chi connectivity index (χ4v) is 2.76. The number of aromatic nitrogens is 2. The summed E-state index contributed by atoms with van der Waals surface area (Å²) in [6.07, 6.45) is -0.680. The number of rotatable bonds is 5. The predicted octanol–water partition coefficient (Wildman–Crippen LogP) is 3.53. The second-order valence-corrected chi connectivity index (χ2v) is 5.56. The summed E-state index contributed by atoms with van der Waals surface area (Å²) < 4.78 is 9.58. The van der Waals surface area contributed by atoms with Crippen molar-refractivity contribution in [2.75, 3.05) is 12.4 Å². The number of anilines is 1. The Hall–Kier alpha value is -2.57. The maximum absolute atomic E-state index is 12.4. The fourth-order valence-electron chi connectivity index (χ4n) is 2.17. The molecule has 1 heterocycles. The predicted molar refractivity (Wildman–Crippen MR) is 90.2 cm³/mol. The molecular weight excluding hydrogens is 310 g/mol. The minimum atomic E-state index is -0.680. The number of carbonyl (C=O) groups is 1. The van der Waals surface area contributed by atoms with E-state index in [0.29, 0.717) is 11.0 Å². The molecule has 0 fully saturated rings. The van der Waals surface area contributed by atoms with Gasteiger partial charge in [0.1, 0.15) is 0 Å². The van der Waals surface area contributed by atoms with Gasteiger partial charge in [0, 0.05) is 24.2 Å². The molecule has 0 saturated carbocycles. The van der Waals surface area contributed by atoms with Crippen LogP contribution in [0.25, 0.3) is 11.4 Å². The maximum Gasteiger partial charge on any atom is 0.259 e. The Morgan fingerprint density at radius 2 is 1.74 bits per heavy atom. The van der Waals surface area contributed by atoms with Gasteiger partial charge in [0.2, 0.25) is 5.13 Å². The SMILES string of the molecule is COC(C(=O)Nc1nc(-c2ccccc2)ns1)c1ccccc1. The highest BCUT2D eigenvalue weighted by molar-refractivity contribution is 7.10. The van der Waals surface area contributed by atoms with E-state index >= 15 is 0 Å². The Labute approximate surface area is 138 Å². The molecule has 3 aromatic rings. The van der Waals surface area contributed by atoms with Crippen LogP contribution in [0.4, 0.5) is 5.13 Å². The summed E-state index contributed by atoms with van der Waals surface area (Å²) in [4.78, 5) is 16.7. The lowest BCUT2D eigenvalue weighted by Gasteiger charge is -2.14. The van der Waals surface area contributed by atoms with E-state index in [4.69, 9.17) is 4.74 Å². The molecule has 1 unspecified atom stereocenters. The van der Waals surface area contributed by atoms with E-state index in [1.54, 1.807) is 0 Å². The van der Waals surface area contributed by atoms with E-state index in [-0.39, 0.29) is 5.91 Å². The van der Waals surface area contributed by atoms with Gasteiger partial charge in [-0.15, -0.1) is 0 Å². The van der Waals surface area contributed by atoms with Crippen molar-refractivity contribution in [3.63, 3.8) is 0 Å². The molecule has 0 bridgehead atoms. The molecule has 1 atom stereocenters. The molecule has 0 aliphatic rings. The zero-order valence-electron chi connectivity index (χ0n) is 12.5. The van der Waals surface area contributed by atoms with E-state index in [0.717, 1.165) is 22.7 Å². The van der Waals surface area contributed by atoms with Crippen molar-refractivity contribution in [2.24, 2.45) is 0 Å². The van der Waals surface area contributed by atoms with E-state index in [1.807, 2.05) is 60.7 Å². The summed E-state index contributed by atoms with van der Waals surface area (Å²) in [6.45, 7) is 0. The fraction of sp³-hybridized carbons (Fsp3) is 0.118. The number of ether oxygens (including phenoxy) is 1. The highest BCUT2D eigenvalue weighted by Gasteiger charge is 2.21. The summed E-state index contributed by atoms with van der Waals surface area (Å²) in [6, 6.07) is 19.0. The van der Waals surface area contributed by atoms with Crippen LogP contribution in [0.15, 0.2) is 60.7 Å². The Morgan fingerprint density at radius 1 is 1.09 bits per heavy atom. The number of benzene rings is 2. The van der Waals surface area contributed by atoms with Gasteiger partial charge in [-0.25, -0.2) is 0 Å². The van der Waals surface area contributed by atoms with Crippen molar-refractivity contribution >= 4 is 22.6 Å². The Bertz CT molecular complexity index is 775. The first-order valence-corrected chi connectivity index (χ1v) is 7.83. The van der Waals surface area contributed by atoms with Crippen LogP contribution in [0.5, 0.6) is 0 Å². The monoisotopic (exact) mass is 325 g/mol. The quantitative estimate of drug-likeness (QED) is 0.779. The molecule has 2 aromatic carbocycles. The van der Waals surface area contributed by atoms with Gasteiger partial charge in [0.05, 0.1) is 0 Å². The number of hydrogen-bond donors (Lipinski definition) is 1. The van der Waals surface area contributed by atoms with Gasteiger partial charge in [-0.2, -0.15) is 9.36 Å². The molecule has 0 aliphatic heterocycles. The molecule has 1 amide bonds. The summed E-state index contributed by atoms with van der Waals surface area (Å²) in [7, 11) is 1.51. The van der Waals surface area contributed by atoms with E-state index in [1.165, 1.54) is 7.11 Å². The third-order valence-electron chi connectivity index (χ3n) is 3.26. The van der Waals surface area contributed by atoms with Crippen LogP contribution in [0.2, 0.25) is 0 Å². The highest BCUT2D eigenvalue weighted by atomic mass is 32.1. The Morgan fingerprint density at radius 3 is 2.39 bits per heavy atom. The van der Waals surface area contributed by atoms with Gasteiger partial charge in [-0.1, -0.05) is 60.7 Å². The van der Waals surface area contributed by atoms with Gasteiger partial charge in [0.25, 0.3) is 5.91 Å². The zero-order valence-corrected chi connectivity index (χ0v) is 13.3. The summed E-state index contributed by atoms with van der Waals surface area (Å²) in [5, 5.41) is 3.21. The van der Waals surface area contributed by atoms with Crippen molar-refractivity contribution in [3.05, 3.63) is 66.2 Å². The molecule has 0 spiro atoms. The molecule has 1 N–H and O–H groups in total. The first kappa shape index (κ1) is 15.3. The molecule has 0 aliphatic carbocycles. The largest absolute Gasteiger partial charge is 0.367 e. The van der Waals surface area contributed by atoms with E-state index < -0.39 is 6.10 Å². The number of nitrogens with zero attached hydrogens (tertiary/aromatic N) is 2. The van der Waals surface area contributed by atoms with Crippen molar-refractivity contribution in [2.45, 2.75) is 6.10 Å². The second kappa shape index (κ2) is 7.13. The van der Waals surface area contributed by atoms with Crippen molar-refractivity contribution < 1.29 is 9.53 Å². The maximum atomic E-state index is 12.4. The van der Waals surface area contributed by atoms with Crippen LogP contribution in [0.3, 0.4) is 0 Å². The molecule has 23 heavy (non-hydrogen) atoms. The smallest absolute Gasteiger partial charge is 0.259 e. The number of amides is 1. The van der Waals surface area contributed by atoms with E-state index in [2.05, 4.69) is 14.7 Å². The van der Waals surface area contributed by atoms with Crippen LogP contribution < -0.4 is 5.32 Å². The second-order valence-electron chi connectivity index (χ2n) is 4.80. The van der Waals surface area contributed by atoms with Crippen LogP contribution in [0.1, 0.15) is 11.7 Å². The minimum Gasteiger partial charge on any atom is -0.367 e. The molecule has 0 radical (unpaired) electrons. The minimum absolute atomic E-state index is 0.269. The lowest BCUT2D eigenvalue weighted by molar-refractivity contribution is -0.126. The number of nitrogens with one attached hydrogen (secondary N) is 1. The lowest BCUT2D eigenvalue weighted by Crippen LogP contribution is -2.22.